The second-order valence-corrected chi connectivity index (χ2v) is 5.62. The summed E-state index contributed by atoms with van der Waals surface area (Å²) in [6.45, 7) is 3.76. The smallest absolute Gasteiger partial charge is 0.202 e. The van der Waals surface area contributed by atoms with Gasteiger partial charge in [0, 0.05) is 29.7 Å². The molecule has 5 nitrogen and oxygen atoms in total. The summed E-state index contributed by atoms with van der Waals surface area (Å²) in [5, 5.41) is 0. The first-order chi connectivity index (χ1) is 8.65. The predicted molar refractivity (Wildman–Crippen MR) is 73.2 cm³/mol. The molecule has 96 valence electrons. The topological polar surface area (TPSA) is 66.0 Å². The lowest BCUT2D eigenvalue weighted by Gasteiger charge is -2.15. The number of nitrogen functional groups attached to an aromatic ring is 1. The van der Waals surface area contributed by atoms with Gasteiger partial charge in [0.2, 0.25) is 5.95 Å². The van der Waals surface area contributed by atoms with Gasteiger partial charge in [0.05, 0.1) is 6.10 Å². The number of imidazole rings is 1. The fraction of sp³-hybridized carbons (Fsp3) is 0.500. The van der Waals surface area contributed by atoms with Gasteiger partial charge < -0.3 is 10.5 Å². The Balaban J connectivity index is 1.98. The zero-order valence-corrected chi connectivity index (χ0v) is 11.7. The van der Waals surface area contributed by atoms with E-state index in [1.165, 1.54) is 0 Å². The van der Waals surface area contributed by atoms with Crippen LogP contribution in [0.2, 0.25) is 0 Å². The summed E-state index contributed by atoms with van der Waals surface area (Å²) in [4.78, 5) is 8.75. The number of rotatable bonds is 2. The normalized spacial score (nSPS) is 23.9. The molecule has 0 radical (unpaired) electrons. The third kappa shape index (κ3) is 1.99. The molecule has 2 N–H and O–H groups in total. The molecular weight excluding hydrogens is 296 g/mol. The number of ether oxygens (including phenoxy) is 1. The molecule has 1 fully saturated rings. The molecule has 3 heterocycles. The number of nitrogens with two attached hydrogens (primary N) is 1. The summed E-state index contributed by atoms with van der Waals surface area (Å²) in [5.74, 6) is 1.00. The van der Waals surface area contributed by atoms with Gasteiger partial charge in [-0.15, -0.1) is 0 Å². The molecule has 2 aromatic rings. The molecule has 0 aliphatic carbocycles. The minimum absolute atomic E-state index is 0.275. The third-order valence-electron chi connectivity index (χ3n) is 3.53. The second kappa shape index (κ2) is 4.51. The standard InChI is InChI=1S/C12H15BrN4O/c1-7-8(2-3-18-7)6-17-11-10(16-12(17)14)4-9(13)5-15-11/h4-5,7-8H,2-3,6H2,1H3,(H2,14,16). The lowest BCUT2D eigenvalue weighted by molar-refractivity contribution is 0.102. The van der Waals surface area contributed by atoms with E-state index in [0.717, 1.165) is 35.2 Å². The quantitative estimate of drug-likeness (QED) is 0.923. The summed E-state index contributed by atoms with van der Waals surface area (Å²) in [5.41, 5.74) is 7.65. The maximum absolute atomic E-state index is 5.98. The maximum atomic E-state index is 5.98. The van der Waals surface area contributed by atoms with Crippen LogP contribution >= 0.6 is 15.9 Å². The third-order valence-corrected chi connectivity index (χ3v) is 3.97. The van der Waals surface area contributed by atoms with Crippen LogP contribution < -0.4 is 5.73 Å². The highest BCUT2D eigenvalue weighted by atomic mass is 79.9. The van der Waals surface area contributed by atoms with E-state index >= 15 is 0 Å². The van der Waals surface area contributed by atoms with Crippen molar-refractivity contribution in [3.63, 3.8) is 0 Å². The van der Waals surface area contributed by atoms with Crippen LogP contribution in [0.5, 0.6) is 0 Å². The van der Waals surface area contributed by atoms with Gasteiger partial charge in [0.1, 0.15) is 5.52 Å². The highest BCUT2D eigenvalue weighted by Gasteiger charge is 2.26. The van der Waals surface area contributed by atoms with Crippen molar-refractivity contribution in [2.45, 2.75) is 26.0 Å². The van der Waals surface area contributed by atoms with Crippen LogP contribution in [0.1, 0.15) is 13.3 Å². The van der Waals surface area contributed by atoms with Gasteiger partial charge in [-0.05, 0) is 35.3 Å². The molecule has 0 bridgehead atoms. The zero-order chi connectivity index (χ0) is 12.7. The lowest BCUT2D eigenvalue weighted by atomic mass is 10.0. The number of hydrogen-bond donors (Lipinski definition) is 1. The molecule has 1 aliphatic heterocycles. The molecule has 18 heavy (non-hydrogen) atoms. The Hall–Kier alpha value is -1.14. The van der Waals surface area contributed by atoms with Gasteiger partial charge in [0.25, 0.3) is 0 Å². The Morgan fingerprint density at radius 3 is 3.17 bits per heavy atom. The summed E-state index contributed by atoms with van der Waals surface area (Å²) < 4.78 is 8.48. The number of nitrogens with zero attached hydrogens (tertiary/aromatic N) is 3. The number of pyridine rings is 1. The summed E-state index contributed by atoms with van der Waals surface area (Å²) in [6, 6.07) is 1.93. The molecule has 0 spiro atoms. The average molecular weight is 311 g/mol. The summed E-state index contributed by atoms with van der Waals surface area (Å²) in [6.07, 6.45) is 3.11. The Kier molecular flexibility index (Phi) is 2.99. The molecule has 2 aromatic heterocycles. The van der Waals surface area contributed by atoms with E-state index in [9.17, 15) is 0 Å². The molecule has 2 unspecified atom stereocenters. The van der Waals surface area contributed by atoms with E-state index in [2.05, 4.69) is 32.8 Å². The summed E-state index contributed by atoms with van der Waals surface area (Å²) in [7, 11) is 0. The van der Waals surface area contributed by atoms with Crippen molar-refractivity contribution < 1.29 is 4.74 Å². The molecule has 0 amide bonds. The first-order valence-corrected chi connectivity index (χ1v) is 6.83. The highest BCUT2D eigenvalue weighted by Crippen LogP contribution is 2.26. The van der Waals surface area contributed by atoms with E-state index < -0.39 is 0 Å². The molecule has 6 heteroatoms. The largest absolute Gasteiger partial charge is 0.378 e. The lowest BCUT2D eigenvalue weighted by Crippen LogP contribution is -2.19. The average Bonchev–Trinajstić information content (AvgIpc) is 2.85. The Bertz CT molecular complexity index is 583. The van der Waals surface area contributed by atoms with Gasteiger partial charge in [-0.3, -0.25) is 4.57 Å². The van der Waals surface area contributed by atoms with Crippen LogP contribution in [0.4, 0.5) is 5.95 Å². The Morgan fingerprint density at radius 1 is 1.61 bits per heavy atom. The monoisotopic (exact) mass is 310 g/mol. The predicted octanol–water partition coefficient (Wildman–Crippen LogP) is 2.20. The van der Waals surface area contributed by atoms with Gasteiger partial charge in [-0.2, -0.15) is 0 Å². The van der Waals surface area contributed by atoms with E-state index in [4.69, 9.17) is 10.5 Å². The number of hydrogen-bond acceptors (Lipinski definition) is 4. The van der Waals surface area contributed by atoms with Crippen LogP contribution in [-0.2, 0) is 11.3 Å². The molecule has 2 atom stereocenters. The molecule has 1 aliphatic rings. The molecular formula is C12H15BrN4O. The number of aromatic nitrogens is 3. The van der Waals surface area contributed by atoms with Crippen LogP contribution in [0.3, 0.4) is 0 Å². The van der Waals surface area contributed by atoms with Crippen molar-refractivity contribution >= 4 is 33.0 Å². The van der Waals surface area contributed by atoms with E-state index in [-0.39, 0.29) is 6.10 Å². The van der Waals surface area contributed by atoms with E-state index in [1.807, 2.05) is 10.6 Å². The SMILES string of the molecule is CC1OCCC1Cn1c(N)nc2cc(Br)cnc21. The molecule has 0 saturated carbocycles. The minimum Gasteiger partial charge on any atom is -0.378 e. The summed E-state index contributed by atoms with van der Waals surface area (Å²) >= 11 is 3.39. The number of fused-ring (bicyclic) bond motifs is 1. The Labute approximate surface area is 113 Å². The first kappa shape index (κ1) is 11.9. The van der Waals surface area contributed by atoms with Crippen molar-refractivity contribution in [2.75, 3.05) is 12.3 Å². The molecule has 1 saturated heterocycles. The van der Waals surface area contributed by atoms with Crippen molar-refractivity contribution in [1.29, 1.82) is 0 Å². The molecule has 3 rings (SSSR count). The van der Waals surface area contributed by atoms with Crippen LogP contribution in [-0.4, -0.2) is 27.2 Å². The van der Waals surface area contributed by atoms with Crippen LogP contribution in [0, 0.1) is 5.92 Å². The van der Waals surface area contributed by atoms with Crippen molar-refractivity contribution in [2.24, 2.45) is 5.92 Å². The number of halogens is 1. The van der Waals surface area contributed by atoms with Gasteiger partial charge in [-0.25, -0.2) is 9.97 Å². The van der Waals surface area contributed by atoms with Crippen molar-refractivity contribution in [3.8, 4) is 0 Å². The van der Waals surface area contributed by atoms with Crippen molar-refractivity contribution in [3.05, 3.63) is 16.7 Å². The first-order valence-electron chi connectivity index (χ1n) is 6.04. The van der Waals surface area contributed by atoms with Crippen LogP contribution in [0.15, 0.2) is 16.7 Å². The van der Waals surface area contributed by atoms with Gasteiger partial charge in [-0.1, -0.05) is 0 Å². The Morgan fingerprint density at radius 2 is 2.44 bits per heavy atom. The van der Waals surface area contributed by atoms with E-state index in [1.54, 1.807) is 6.20 Å². The molecule has 0 aromatic carbocycles. The van der Waals surface area contributed by atoms with Crippen LogP contribution in [0.25, 0.3) is 11.2 Å². The van der Waals surface area contributed by atoms with Gasteiger partial charge >= 0.3 is 0 Å². The fourth-order valence-corrected chi connectivity index (χ4v) is 2.75. The highest BCUT2D eigenvalue weighted by molar-refractivity contribution is 9.10. The number of anilines is 1. The fourth-order valence-electron chi connectivity index (χ4n) is 2.43. The zero-order valence-electron chi connectivity index (χ0n) is 10.1. The van der Waals surface area contributed by atoms with Crippen molar-refractivity contribution in [1.82, 2.24) is 14.5 Å². The minimum atomic E-state index is 0.275. The van der Waals surface area contributed by atoms with Gasteiger partial charge in [0.15, 0.2) is 5.65 Å². The maximum Gasteiger partial charge on any atom is 0.202 e. The second-order valence-electron chi connectivity index (χ2n) is 4.70. The van der Waals surface area contributed by atoms with E-state index in [0.29, 0.717) is 11.9 Å².